The van der Waals surface area contributed by atoms with Gasteiger partial charge in [-0.3, -0.25) is 14.4 Å². The highest BCUT2D eigenvalue weighted by atomic mass is 16.1. The molecule has 0 radical (unpaired) electrons. The number of carbonyl (C=O) groups is 1. The van der Waals surface area contributed by atoms with Crippen molar-refractivity contribution in [3.8, 4) is 22.5 Å². The summed E-state index contributed by atoms with van der Waals surface area (Å²) >= 11 is 0. The number of anilines is 1. The molecule has 8 nitrogen and oxygen atoms in total. The Morgan fingerprint density at radius 2 is 1.71 bits per heavy atom. The largest absolute Gasteiger partial charge is 0.324 e. The van der Waals surface area contributed by atoms with Crippen LogP contribution in [-0.4, -0.2) is 25.4 Å². The zero-order valence-corrected chi connectivity index (χ0v) is 17.3. The van der Waals surface area contributed by atoms with Crippen molar-refractivity contribution in [2.24, 2.45) is 0 Å². The molecule has 0 aliphatic rings. The molecule has 0 saturated carbocycles. The van der Waals surface area contributed by atoms with Crippen molar-refractivity contribution in [3.63, 3.8) is 0 Å². The van der Waals surface area contributed by atoms with Gasteiger partial charge in [-0.05, 0) is 19.9 Å². The molecule has 0 fully saturated rings. The number of aromatic nitrogens is 4. The summed E-state index contributed by atoms with van der Waals surface area (Å²) in [5.74, 6) is -0.0572. The normalized spacial score (nSPS) is 11.1. The average Bonchev–Trinajstić information content (AvgIpc) is 2.73. The Balaban J connectivity index is 2.03. The van der Waals surface area contributed by atoms with E-state index in [1.165, 1.54) is 19.1 Å². The molecule has 0 unspecified atom stereocenters. The highest BCUT2D eigenvalue weighted by molar-refractivity contribution is 5.90. The number of H-pyrrole nitrogens is 1. The Morgan fingerprint density at radius 1 is 1.00 bits per heavy atom. The lowest BCUT2D eigenvalue weighted by molar-refractivity contribution is -0.114. The number of fused-ring (bicyclic) bond motifs is 1. The predicted octanol–water partition coefficient (Wildman–Crippen LogP) is 3.35. The molecule has 4 aromatic rings. The molecular weight excluding hydrogens is 394 g/mol. The quantitative estimate of drug-likeness (QED) is 0.531. The van der Waals surface area contributed by atoms with Gasteiger partial charge >= 0.3 is 0 Å². The first-order chi connectivity index (χ1) is 14.8. The van der Waals surface area contributed by atoms with Crippen LogP contribution < -0.4 is 16.3 Å². The average molecular weight is 415 g/mol. The molecule has 0 saturated heterocycles. The zero-order valence-electron chi connectivity index (χ0n) is 17.3. The molecule has 0 bridgehead atoms. The number of carbonyl (C=O) groups excluding carboxylic acids is 1. The number of hydrogen-bond acceptors (Lipinski definition) is 5. The molecule has 0 aliphatic heterocycles. The van der Waals surface area contributed by atoms with E-state index in [0.717, 1.165) is 5.56 Å². The second-order valence-corrected chi connectivity index (χ2v) is 7.47. The second kappa shape index (κ2) is 7.98. The fourth-order valence-corrected chi connectivity index (χ4v) is 3.36. The third-order valence-corrected chi connectivity index (χ3v) is 4.78. The van der Waals surface area contributed by atoms with E-state index in [2.05, 4.69) is 15.3 Å². The van der Waals surface area contributed by atoms with Gasteiger partial charge in [-0.1, -0.05) is 30.3 Å². The number of nitrogens with one attached hydrogen (secondary N) is 2. The van der Waals surface area contributed by atoms with Gasteiger partial charge in [-0.2, -0.15) is 0 Å². The van der Waals surface area contributed by atoms with Crippen LogP contribution in [0.2, 0.25) is 0 Å². The first-order valence-corrected chi connectivity index (χ1v) is 9.84. The van der Waals surface area contributed by atoms with E-state index in [-0.39, 0.29) is 39.9 Å². The van der Waals surface area contributed by atoms with Crippen molar-refractivity contribution < 1.29 is 4.79 Å². The van der Waals surface area contributed by atoms with Crippen LogP contribution in [0, 0.1) is 0 Å². The van der Waals surface area contributed by atoms with Crippen LogP contribution in [0.15, 0.2) is 64.3 Å². The standard InChI is InChI=1S/C23H21N5O3/c1-13(2)28-12-16(9-10-19(28)31)21-20(15-7-5-4-6-8-15)27-23-22(26-21)17(30)11-18(25-23)24-14(3)29/h4-13H,1-3H3,(H2,24,25,27,29,30). The molecule has 0 aliphatic carbocycles. The fourth-order valence-electron chi connectivity index (χ4n) is 3.36. The van der Waals surface area contributed by atoms with Gasteiger partial charge in [0.1, 0.15) is 5.82 Å². The van der Waals surface area contributed by atoms with Crippen molar-refractivity contribution in [1.82, 2.24) is 19.5 Å². The van der Waals surface area contributed by atoms with Crippen molar-refractivity contribution >= 4 is 22.9 Å². The minimum Gasteiger partial charge on any atom is -0.324 e. The Kier molecular flexibility index (Phi) is 5.21. The van der Waals surface area contributed by atoms with Crippen molar-refractivity contribution in [2.75, 3.05) is 5.32 Å². The Morgan fingerprint density at radius 3 is 2.39 bits per heavy atom. The number of hydrogen-bond donors (Lipinski definition) is 2. The maximum absolute atomic E-state index is 12.7. The minimum atomic E-state index is -0.372. The zero-order chi connectivity index (χ0) is 22.1. The molecule has 3 aromatic heterocycles. The number of aromatic amines is 1. The second-order valence-electron chi connectivity index (χ2n) is 7.47. The van der Waals surface area contributed by atoms with E-state index in [9.17, 15) is 14.4 Å². The highest BCUT2D eigenvalue weighted by Gasteiger charge is 2.17. The molecule has 3 heterocycles. The van der Waals surface area contributed by atoms with Gasteiger partial charge in [0.05, 0.1) is 11.4 Å². The van der Waals surface area contributed by atoms with Crippen LogP contribution in [0.4, 0.5) is 5.82 Å². The van der Waals surface area contributed by atoms with Crippen LogP contribution in [-0.2, 0) is 4.79 Å². The SMILES string of the molecule is CC(=O)Nc1cc(=O)c2nc(-c3ccc(=O)n(C(C)C)c3)c(-c3ccccc3)nc2[nH]1. The summed E-state index contributed by atoms with van der Waals surface area (Å²) in [5, 5.41) is 2.57. The Bertz CT molecular complexity index is 1400. The summed E-state index contributed by atoms with van der Waals surface area (Å²) in [7, 11) is 0. The third-order valence-electron chi connectivity index (χ3n) is 4.78. The molecule has 1 aromatic carbocycles. The van der Waals surface area contributed by atoms with E-state index in [1.54, 1.807) is 16.8 Å². The summed E-state index contributed by atoms with van der Waals surface area (Å²) in [5.41, 5.74) is 2.44. The van der Waals surface area contributed by atoms with E-state index in [0.29, 0.717) is 17.0 Å². The number of pyridine rings is 2. The fraction of sp³-hybridized carbons (Fsp3) is 0.174. The molecule has 4 rings (SSSR count). The summed E-state index contributed by atoms with van der Waals surface area (Å²) < 4.78 is 1.61. The van der Waals surface area contributed by atoms with Crippen LogP contribution in [0.25, 0.3) is 33.7 Å². The highest BCUT2D eigenvalue weighted by Crippen LogP contribution is 2.30. The van der Waals surface area contributed by atoms with E-state index < -0.39 is 0 Å². The lowest BCUT2D eigenvalue weighted by Crippen LogP contribution is -2.20. The number of nitrogens with zero attached hydrogens (tertiary/aromatic N) is 3. The van der Waals surface area contributed by atoms with E-state index in [1.807, 2.05) is 44.2 Å². The predicted molar refractivity (Wildman–Crippen MR) is 120 cm³/mol. The number of rotatable bonds is 4. The monoisotopic (exact) mass is 415 g/mol. The van der Waals surface area contributed by atoms with Gasteiger partial charge in [-0.15, -0.1) is 0 Å². The van der Waals surface area contributed by atoms with Crippen LogP contribution in [0.3, 0.4) is 0 Å². The summed E-state index contributed by atoms with van der Waals surface area (Å²) in [6.45, 7) is 5.20. The third kappa shape index (κ3) is 4.00. The van der Waals surface area contributed by atoms with Gasteiger partial charge in [-0.25, -0.2) is 9.97 Å². The van der Waals surface area contributed by atoms with E-state index >= 15 is 0 Å². The maximum Gasteiger partial charge on any atom is 0.250 e. The van der Waals surface area contributed by atoms with Crippen LogP contribution >= 0.6 is 0 Å². The summed E-state index contributed by atoms with van der Waals surface area (Å²) in [6, 6.07) is 13.9. The van der Waals surface area contributed by atoms with E-state index in [4.69, 9.17) is 4.98 Å². The topological polar surface area (TPSA) is 110 Å². The molecule has 2 N–H and O–H groups in total. The van der Waals surface area contributed by atoms with Gasteiger partial charge in [0, 0.05) is 42.4 Å². The molecule has 31 heavy (non-hydrogen) atoms. The minimum absolute atomic E-state index is 0.0374. The van der Waals surface area contributed by atoms with Gasteiger partial charge in [0.2, 0.25) is 11.3 Å². The molecule has 0 spiro atoms. The summed E-state index contributed by atoms with van der Waals surface area (Å²) in [6.07, 6.45) is 1.73. The van der Waals surface area contributed by atoms with Gasteiger partial charge in [0.25, 0.3) is 5.56 Å². The van der Waals surface area contributed by atoms with Crippen molar-refractivity contribution in [2.45, 2.75) is 26.8 Å². The van der Waals surface area contributed by atoms with Gasteiger partial charge < -0.3 is 14.9 Å². The lowest BCUT2D eigenvalue weighted by atomic mass is 10.0. The lowest BCUT2D eigenvalue weighted by Gasteiger charge is -2.14. The molecule has 156 valence electrons. The molecular formula is C23H21N5O3. The smallest absolute Gasteiger partial charge is 0.250 e. The molecule has 0 atom stereocenters. The number of benzene rings is 1. The summed E-state index contributed by atoms with van der Waals surface area (Å²) in [4.78, 5) is 48.6. The van der Waals surface area contributed by atoms with Crippen molar-refractivity contribution in [3.05, 3.63) is 75.3 Å². The van der Waals surface area contributed by atoms with Crippen molar-refractivity contribution in [1.29, 1.82) is 0 Å². The Hall–Kier alpha value is -4.07. The first kappa shape index (κ1) is 20.2. The number of amides is 1. The van der Waals surface area contributed by atoms with Crippen LogP contribution in [0.5, 0.6) is 0 Å². The molecule has 8 heteroatoms. The first-order valence-electron chi connectivity index (χ1n) is 9.84. The Labute approximate surface area is 177 Å². The van der Waals surface area contributed by atoms with Gasteiger partial charge in [0.15, 0.2) is 11.2 Å². The van der Waals surface area contributed by atoms with Crippen LogP contribution in [0.1, 0.15) is 26.8 Å². The maximum atomic E-state index is 12.7. The molecule has 1 amide bonds.